The lowest BCUT2D eigenvalue weighted by Gasteiger charge is -2.18. The second-order valence-electron chi connectivity index (χ2n) is 5.87. The van der Waals surface area contributed by atoms with E-state index in [4.69, 9.17) is 13.9 Å². The van der Waals surface area contributed by atoms with Crippen molar-refractivity contribution in [2.45, 2.75) is 13.0 Å². The van der Waals surface area contributed by atoms with E-state index in [0.717, 1.165) is 5.56 Å². The number of ether oxygens (including phenoxy) is 2. The van der Waals surface area contributed by atoms with Gasteiger partial charge in [-0.2, -0.15) is 0 Å². The summed E-state index contributed by atoms with van der Waals surface area (Å²) in [6.07, 6.45) is 0.222. The number of carbonyl (C=O) groups excluding carboxylic acids is 2. The van der Waals surface area contributed by atoms with Crippen molar-refractivity contribution in [3.63, 3.8) is 0 Å². The van der Waals surface area contributed by atoms with Crippen molar-refractivity contribution in [2.24, 2.45) is 0 Å². The molecule has 0 aliphatic carbocycles. The lowest BCUT2D eigenvalue weighted by Crippen LogP contribution is -2.26. The quantitative estimate of drug-likeness (QED) is 0.665. The molecule has 1 atom stereocenters. The van der Waals surface area contributed by atoms with E-state index in [-0.39, 0.29) is 5.76 Å². The molecule has 0 radical (unpaired) electrons. The minimum absolute atomic E-state index is 0.0249. The van der Waals surface area contributed by atoms with E-state index >= 15 is 0 Å². The molecule has 138 valence electrons. The molecule has 0 aliphatic rings. The predicted octanol–water partition coefficient (Wildman–Crippen LogP) is 4.13. The molecule has 0 bridgehead atoms. The van der Waals surface area contributed by atoms with Crippen LogP contribution in [0.3, 0.4) is 0 Å². The molecule has 0 unspecified atom stereocenters. The van der Waals surface area contributed by atoms with E-state index in [2.05, 4.69) is 5.32 Å². The molecule has 1 N–H and O–H groups in total. The Morgan fingerprint density at radius 3 is 2.48 bits per heavy atom. The molecule has 27 heavy (non-hydrogen) atoms. The first-order valence-corrected chi connectivity index (χ1v) is 8.33. The van der Waals surface area contributed by atoms with Gasteiger partial charge in [0.05, 0.1) is 19.1 Å². The van der Waals surface area contributed by atoms with Crippen LogP contribution in [0.2, 0.25) is 0 Å². The van der Waals surface area contributed by atoms with Crippen molar-refractivity contribution >= 4 is 17.6 Å². The van der Waals surface area contributed by atoms with Crippen LogP contribution in [0, 0.1) is 6.92 Å². The van der Waals surface area contributed by atoms with Crippen LogP contribution >= 0.6 is 0 Å². The van der Waals surface area contributed by atoms with Gasteiger partial charge in [-0.3, -0.25) is 4.79 Å². The minimum atomic E-state index is -1.14. The van der Waals surface area contributed by atoms with E-state index in [9.17, 15) is 9.59 Å². The fourth-order valence-corrected chi connectivity index (χ4v) is 2.58. The number of nitrogens with one attached hydrogen (secondary N) is 1. The van der Waals surface area contributed by atoms with Gasteiger partial charge >= 0.3 is 5.97 Å². The van der Waals surface area contributed by atoms with Gasteiger partial charge in [-0.15, -0.1) is 0 Å². The van der Waals surface area contributed by atoms with Crippen molar-refractivity contribution in [3.8, 4) is 5.75 Å². The molecule has 0 aliphatic heterocycles. The molecule has 6 heteroatoms. The van der Waals surface area contributed by atoms with Gasteiger partial charge in [0.2, 0.25) is 11.9 Å². The molecule has 0 fully saturated rings. The van der Waals surface area contributed by atoms with Crippen molar-refractivity contribution in [3.05, 3.63) is 83.8 Å². The fraction of sp³-hybridized carbons (Fsp3) is 0.143. The summed E-state index contributed by atoms with van der Waals surface area (Å²) in [6, 6.07) is 17.3. The molecule has 3 aromatic rings. The number of hydrogen-bond donors (Lipinski definition) is 1. The van der Waals surface area contributed by atoms with Gasteiger partial charge in [0.15, 0.2) is 0 Å². The maximum atomic E-state index is 12.9. The van der Waals surface area contributed by atoms with Gasteiger partial charge in [-0.05, 0) is 36.8 Å². The molecule has 0 saturated heterocycles. The third-order valence-electron chi connectivity index (χ3n) is 3.90. The molecule has 1 heterocycles. The SMILES string of the molecule is COc1ccc(C)cc1NC(=O)[C@@H](OC(=O)c1ccco1)c1ccccc1. The van der Waals surface area contributed by atoms with Gasteiger partial charge in [0.25, 0.3) is 5.91 Å². The molecule has 0 spiro atoms. The normalized spacial score (nSPS) is 11.5. The molecule has 6 nitrogen and oxygen atoms in total. The fourth-order valence-electron chi connectivity index (χ4n) is 2.58. The number of benzene rings is 2. The lowest BCUT2D eigenvalue weighted by molar-refractivity contribution is -0.125. The summed E-state index contributed by atoms with van der Waals surface area (Å²) < 4.78 is 15.8. The first kappa shape index (κ1) is 18.3. The third kappa shape index (κ3) is 4.36. The summed E-state index contributed by atoms with van der Waals surface area (Å²) in [5.41, 5.74) is 1.99. The number of methoxy groups -OCH3 is 1. The molecule has 2 aromatic carbocycles. The molecule has 1 aromatic heterocycles. The number of aryl methyl sites for hydroxylation is 1. The monoisotopic (exact) mass is 365 g/mol. The maximum Gasteiger partial charge on any atom is 0.375 e. The van der Waals surface area contributed by atoms with E-state index in [1.165, 1.54) is 19.4 Å². The van der Waals surface area contributed by atoms with Crippen LogP contribution in [-0.4, -0.2) is 19.0 Å². The standard InChI is InChI=1S/C21H19NO5/c1-14-10-11-17(25-2)16(13-14)22-20(23)19(15-7-4-3-5-8-15)27-21(24)18-9-6-12-26-18/h3-13,19H,1-2H3,(H,22,23)/t19-/m0/s1. The molecule has 1 amide bonds. The van der Waals surface area contributed by atoms with Crippen LogP contribution in [0.4, 0.5) is 5.69 Å². The highest BCUT2D eigenvalue weighted by Gasteiger charge is 2.27. The average molecular weight is 365 g/mol. The van der Waals surface area contributed by atoms with Gasteiger partial charge in [0.1, 0.15) is 5.75 Å². The summed E-state index contributed by atoms with van der Waals surface area (Å²) >= 11 is 0. The number of esters is 1. The van der Waals surface area contributed by atoms with Crippen molar-refractivity contribution in [1.82, 2.24) is 0 Å². The summed E-state index contributed by atoms with van der Waals surface area (Å²) in [6.45, 7) is 1.90. The van der Waals surface area contributed by atoms with Gasteiger partial charge in [-0.25, -0.2) is 4.79 Å². The van der Waals surface area contributed by atoms with Gasteiger partial charge in [0, 0.05) is 5.56 Å². The van der Waals surface area contributed by atoms with Crippen LogP contribution in [0.15, 0.2) is 71.3 Å². The van der Waals surface area contributed by atoms with Crippen LogP contribution in [-0.2, 0) is 9.53 Å². The van der Waals surface area contributed by atoms with E-state index < -0.39 is 18.0 Å². The Morgan fingerprint density at radius 1 is 1.04 bits per heavy atom. The van der Waals surface area contributed by atoms with Gasteiger partial charge < -0.3 is 19.2 Å². The Morgan fingerprint density at radius 2 is 1.81 bits per heavy atom. The second-order valence-corrected chi connectivity index (χ2v) is 5.87. The Balaban J connectivity index is 1.87. The average Bonchev–Trinajstić information content (AvgIpc) is 3.21. The van der Waals surface area contributed by atoms with Gasteiger partial charge in [-0.1, -0.05) is 36.4 Å². The second kappa shape index (κ2) is 8.23. The summed E-state index contributed by atoms with van der Waals surface area (Å²) in [5.74, 6) is -0.680. The Bertz CT molecular complexity index is 919. The van der Waals surface area contributed by atoms with E-state index in [0.29, 0.717) is 17.0 Å². The van der Waals surface area contributed by atoms with Crippen LogP contribution < -0.4 is 10.1 Å². The van der Waals surface area contributed by atoms with Crippen molar-refractivity contribution < 1.29 is 23.5 Å². The summed E-state index contributed by atoms with van der Waals surface area (Å²) in [4.78, 5) is 25.2. The summed E-state index contributed by atoms with van der Waals surface area (Å²) in [5, 5.41) is 2.78. The zero-order valence-corrected chi connectivity index (χ0v) is 15.0. The smallest absolute Gasteiger partial charge is 0.375 e. The lowest BCUT2D eigenvalue weighted by atomic mass is 10.1. The van der Waals surface area contributed by atoms with Crippen LogP contribution in [0.5, 0.6) is 5.75 Å². The van der Waals surface area contributed by atoms with E-state index in [1.54, 1.807) is 42.5 Å². The third-order valence-corrected chi connectivity index (χ3v) is 3.90. The highest BCUT2D eigenvalue weighted by Crippen LogP contribution is 2.28. The Labute approximate surface area is 156 Å². The number of carbonyl (C=O) groups is 2. The maximum absolute atomic E-state index is 12.9. The first-order chi connectivity index (χ1) is 13.1. The number of hydrogen-bond acceptors (Lipinski definition) is 5. The largest absolute Gasteiger partial charge is 0.495 e. The van der Waals surface area contributed by atoms with E-state index in [1.807, 2.05) is 19.1 Å². The number of rotatable bonds is 6. The number of furan rings is 1. The first-order valence-electron chi connectivity index (χ1n) is 8.33. The topological polar surface area (TPSA) is 77.8 Å². The number of anilines is 1. The zero-order valence-electron chi connectivity index (χ0n) is 15.0. The van der Waals surface area contributed by atoms with Crippen LogP contribution in [0.25, 0.3) is 0 Å². The number of amides is 1. The Kier molecular flexibility index (Phi) is 5.56. The predicted molar refractivity (Wildman–Crippen MR) is 99.7 cm³/mol. The molecule has 3 rings (SSSR count). The highest BCUT2D eigenvalue weighted by atomic mass is 16.6. The molecular weight excluding hydrogens is 346 g/mol. The minimum Gasteiger partial charge on any atom is -0.495 e. The van der Waals surface area contributed by atoms with Crippen molar-refractivity contribution in [2.75, 3.05) is 12.4 Å². The summed E-state index contributed by atoms with van der Waals surface area (Å²) in [7, 11) is 1.52. The van der Waals surface area contributed by atoms with Crippen LogP contribution in [0.1, 0.15) is 27.8 Å². The van der Waals surface area contributed by atoms with Crippen molar-refractivity contribution in [1.29, 1.82) is 0 Å². The highest BCUT2D eigenvalue weighted by molar-refractivity contribution is 5.98. The Hall–Kier alpha value is -3.54. The molecule has 0 saturated carbocycles. The zero-order chi connectivity index (χ0) is 19.2. The molecular formula is C21H19NO5.